The lowest BCUT2D eigenvalue weighted by atomic mass is 10.0. The van der Waals surface area contributed by atoms with E-state index in [0.717, 1.165) is 46.0 Å². The van der Waals surface area contributed by atoms with Crippen molar-refractivity contribution < 1.29 is 9.53 Å². The second kappa shape index (κ2) is 8.08. The smallest absolute Gasteiger partial charge is 0.274 e. The summed E-state index contributed by atoms with van der Waals surface area (Å²) in [6.07, 6.45) is 4.58. The molecule has 1 amide bonds. The number of pyridine rings is 1. The van der Waals surface area contributed by atoms with Crippen LogP contribution in [0.4, 0.5) is 5.69 Å². The largest absolute Gasteiger partial charge is 0.356 e. The van der Waals surface area contributed by atoms with Crippen molar-refractivity contribution in [3.8, 4) is 6.07 Å². The number of benzene rings is 1. The quantitative estimate of drug-likeness (QED) is 0.535. The van der Waals surface area contributed by atoms with Crippen molar-refractivity contribution in [2.45, 2.75) is 39.3 Å². The Hall–Kier alpha value is -2.51. The number of nitrogens with one attached hydrogen (secondary N) is 1. The minimum absolute atomic E-state index is 0.0383. The number of carbonyl (C=O) groups excluding carboxylic acids is 1. The first-order valence-electron chi connectivity index (χ1n) is 9.46. The number of nitrogens with zero attached hydrogens (tertiary/aromatic N) is 4. The molecular weight excluding hydrogens is 481 g/mol. The molecule has 3 aromatic rings. The van der Waals surface area contributed by atoms with Gasteiger partial charge in [-0.15, -0.1) is 0 Å². The Morgan fingerprint density at radius 2 is 2.17 bits per heavy atom. The fourth-order valence-corrected chi connectivity index (χ4v) is 4.22. The molecule has 0 spiro atoms. The number of amides is 1. The van der Waals surface area contributed by atoms with Crippen LogP contribution in [0.1, 0.15) is 52.7 Å². The highest BCUT2D eigenvalue weighted by atomic mass is 127. The molecule has 4 rings (SSSR count). The van der Waals surface area contributed by atoms with Gasteiger partial charge in [-0.1, -0.05) is 0 Å². The molecule has 1 N–H and O–H groups in total. The third kappa shape index (κ3) is 3.72. The summed E-state index contributed by atoms with van der Waals surface area (Å²) in [5.41, 5.74) is 3.94. The van der Waals surface area contributed by atoms with Crippen molar-refractivity contribution in [1.82, 2.24) is 14.8 Å². The average molecular weight is 501 g/mol. The third-order valence-electron chi connectivity index (χ3n) is 5.33. The van der Waals surface area contributed by atoms with Crippen molar-refractivity contribution in [2.75, 3.05) is 11.9 Å². The maximum Gasteiger partial charge on any atom is 0.274 e. The van der Waals surface area contributed by atoms with Crippen molar-refractivity contribution in [3.05, 3.63) is 50.5 Å². The van der Waals surface area contributed by atoms with Gasteiger partial charge >= 0.3 is 0 Å². The van der Waals surface area contributed by atoms with Gasteiger partial charge < -0.3 is 10.1 Å². The zero-order chi connectivity index (χ0) is 20.5. The SMILES string of the molecule is Cc1c(C#N)cnc(C(=O)Nc2ccc3c(c2)c(I)nn3C2CCCCO2)c1C. The highest BCUT2D eigenvalue weighted by Crippen LogP contribution is 2.30. The van der Waals surface area contributed by atoms with Gasteiger partial charge in [-0.2, -0.15) is 10.4 Å². The molecule has 7 nitrogen and oxygen atoms in total. The van der Waals surface area contributed by atoms with Crippen LogP contribution in [0.3, 0.4) is 0 Å². The van der Waals surface area contributed by atoms with E-state index in [9.17, 15) is 4.79 Å². The number of carbonyl (C=O) groups is 1. The first-order valence-corrected chi connectivity index (χ1v) is 10.5. The molecular formula is C21H20IN5O2. The van der Waals surface area contributed by atoms with Gasteiger partial charge in [0.25, 0.3) is 5.91 Å². The average Bonchev–Trinajstić information content (AvgIpc) is 3.06. The number of rotatable bonds is 3. The highest BCUT2D eigenvalue weighted by molar-refractivity contribution is 14.1. The lowest BCUT2D eigenvalue weighted by Gasteiger charge is -2.23. The topological polar surface area (TPSA) is 92.8 Å². The number of fused-ring (bicyclic) bond motifs is 1. The summed E-state index contributed by atoms with van der Waals surface area (Å²) in [6, 6.07) is 7.84. The van der Waals surface area contributed by atoms with Crippen molar-refractivity contribution in [1.29, 1.82) is 5.26 Å². The van der Waals surface area contributed by atoms with Crippen molar-refractivity contribution in [3.63, 3.8) is 0 Å². The summed E-state index contributed by atoms with van der Waals surface area (Å²) in [6.45, 7) is 4.38. The van der Waals surface area contributed by atoms with Crippen LogP contribution >= 0.6 is 22.6 Å². The summed E-state index contributed by atoms with van der Waals surface area (Å²) in [4.78, 5) is 16.9. The van der Waals surface area contributed by atoms with Crippen LogP contribution in [0, 0.1) is 28.9 Å². The van der Waals surface area contributed by atoms with E-state index in [1.54, 1.807) is 6.92 Å². The van der Waals surface area contributed by atoms with Gasteiger partial charge in [0.15, 0.2) is 6.23 Å². The number of nitriles is 1. The molecule has 0 radical (unpaired) electrons. The summed E-state index contributed by atoms with van der Waals surface area (Å²) in [5.74, 6) is -0.299. The fraction of sp³-hybridized carbons (Fsp3) is 0.333. The summed E-state index contributed by atoms with van der Waals surface area (Å²) < 4.78 is 8.69. The van der Waals surface area contributed by atoms with Gasteiger partial charge in [-0.3, -0.25) is 4.79 Å². The molecule has 148 valence electrons. The number of aromatic nitrogens is 3. The molecule has 2 aromatic heterocycles. The second-order valence-corrected chi connectivity index (χ2v) is 8.15. The molecule has 1 aliphatic rings. The van der Waals surface area contributed by atoms with Crippen molar-refractivity contribution in [2.24, 2.45) is 0 Å². The summed E-state index contributed by atoms with van der Waals surface area (Å²) in [5, 5.41) is 17.7. The monoisotopic (exact) mass is 501 g/mol. The predicted octanol–water partition coefficient (Wildman–Crippen LogP) is 4.48. The van der Waals surface area contributed by atoms with Crippen molar-refractivity contribution >= 4 is 45.1 Å². The van der Waals surface area contributed by atoms with E-state index in [1.807, 2.05) is 29.8 Å². The second-order valence-electron chi connectivity index (χ2n) is 7.12. The molecule has 3 heterocycles. The number of ether oxygens (including phenoxy) is 1. The van der Waals surface area contributed by atoms with Crippen LogP contribution in [0.5, 0.6) is 0 Å². The Kier molecular flexibility index (Phi) is 5.52. The maximum absolute atomic E-state index is 12.8. The highest BCUT2D eigenvalue weighted by Gasteiger charge is 2.21. The Balaban J connectivity index is 1.62. The standard InChI is InChI=1S/C21H20IN5O2/c1-12-13(2)19(24-11-14(12)10-23)21(28)25-15-6-7-17-16(9-15)20(22)26-27(17)18-5-3-4-8-29-18/h6-7,9,11,18H,3-5,8H2,1-2H3,(H,25,28). The lowest BCUT2D eigenvalue weighted by Crippen LogP contribution is -2.19. The van der Waals surface area contributed by atoms with Crippen LogP contribution in [-0.4, -0.2) is 27.3 Å². The molecule has 1 atom stereocenters. The maximum atomic E-state index is 12.8. The minimum atomic E-state index is -0.299. The van der Waals surface area contributed by atoms with E-state index in [4.69, 9.17) is 10.00 Å². The fourth-order valence-electron chi connectivity index (χ4n) is 3.55. The molecule has 29 heavy (non-hydrogen) atoms. The molecule has 0 bridgehead atoms. The number of halogens is 1. The van der Waals surface area contributed by atoms with Crippen LogP contribution in [-0.2, 0) is 4.74 Å². The van der Waals surface area contributed by atoms with Gasteiger partial charge in [0, 0.05) is 23.9 Å². The molecule has 0 aliphatic carbocycles. The van der Waals surface area contributed by atoms with Crippen LogP contribution in [0.15, 0.2) is 24.4 Å². The summed E-state index contributed by atoms with van der Waals surface area (Å²) >= 11 is 2.21. The van der Waals surface area contributed by atoms with Gasteiger partial charge in [0.1, 0.15) is 15.5 Å². The lowest BCUT2D eigenvalue weighted by molar-refractivity contribution is -0.0368. The van der Waals surface area contributed by atoms with E-state index in [0.29, 0.717) is 22.5 Å². The van der Waals surface area contributed by atoms with E-state index >= 15 is 0 Å². The Bertz CT molecular complexity index is 1140. The first kappa shape index (κ1) is 19.8. The minimum Gasteiger partial charge on any atom is -0.356 e. The molecule has 1 fully saturated rings. The van der Waals surface area contributed by atoms with Gasteiger partial charge in [-0.25, -0.2) is 9.67 Å². The molecule has 8 heteroatoms. The van der Waals surface area contributed by atoms with Crippen LogP contribution in [0.25, 0.3) is 10.9 Å². The van der Waals surface area contributed by atoms with Crippen LogP contribution < -0.4 is 5.32 Å². The zero-order valence-electron chi connectivity index (χ0n) is 16.2. The molecule has 1 unspecified atom stereocenters. The van der Waals surface area contributed by atoms with Gasteiger partial charge in [-0.05, 0) is 85.0 Å². The Morgan fingerprint density at radius 1 is 1.34 bits per heavy atom. The van der Waals surface area contributed by atoms with E-state index in [-0.39, 0.29) is 12.1 Å². The number of anilines is 1. The molecule has 0 saturated carbocycles. The van der Waals surface area contributed by atoms with Gasteiger partial charge in [0.2, 0.25) is 0 Å². The third-order valence-corrected chi connectivity index (χ3v) is 6.12. The Labute approximate surface area is 182 Å². The Morgan fingerprint density at radius 3 is 2.90 bits per heavy atom. The molecule has 1 aromatic carbocycles. The predicted molar refractivity (Wildman–Crippen MR) is 118 cm³/mol. The zero-order valence-corrected chi connectivity index (χ0v) is 18.4. The first-order chi connectivity index (χ1) is 14.0. The summed E-state index contributed by atoms with van der Waals surface area (Å²) in [7, 11) is 0. The van der Waals surface area contributed by atoms with Gasteiger partial charge in [0.05, 0.1) is 11.1 Å². The molecule has 1 saturated heterocycles. The van der Waals surface area contributed by atoms with E-state index in [2.05, 4.69) is 44.1 Å². The molecule has 1 aliphatic heterocycles. The normalized spacial score (nSPS) is 16.6. The van der Waals surface area contributed by atoms with Crippen LogP contribution in [0.2, 0.25) is 0 Å². The number of hydrogen-bond acceptors (Lipinski definition) is 5. The van der Waals surface area contributed by atoms with E-state index in [1.165, 1.54) is 6.20 Å². The van der Waals surface area contributed by atoms with E-state index < -0.39 is 0 Å². The number of hydrogen-bond donors (Lipinski definition) is 1.